The fraction of sp³-hybridized carbons (Fsp3) is 0.312. The van der Waals surface area contributed by atoms with Gasteiger partial charge in [-0.2, -0.15) is 0 Å². The summed E-state index contributed by atoms with van der Waals surface area (Å²) >= 11 is 0. The SMILES string of the molecule is O=c1cc(CN2CCN(c3ccccc3)CC2)occ1O. The standard InChI is InChI=1S/C16H18N2O3/c19-15-10-14(21-12-16(15)20)11-17-6-8-18(9-7-17)13-4-2-1-3-5-13/h1-5,10,12,20H,6-9,11H2. The molecule has 1 fully saturated rings. The van der Waals surface area contributed by atoms with Crippen LogP contribution in [0.1, 0.15) is 5.76 Å². The number of benzene rings is 1. The molecule has 0 radical (unpaired) electrons. The molecule has 0 bridgehead atoms. The Bertz CT molecular complexity index is 646. The maximum atomic E-state index is 11.4. The third kappa shape index (κ3) is 3.25. The molecule has 0 aliphatic carbocycles. The van der Waals surface area contributed by atoms with Gasteiger partial charge in [0.1, 0.15) is 12.0 Å². The van der Waals surface area contributed by atoms with Gasteiger partial charge in [0.2, 0.25) is 5.43 Å². The summed E-state index contributed by atoms with van der Waals surface area (Å²) in [5.74, 6) is 0.249. The van der Waals surface area contributed by atoms with Crippen molar-refractivity contribution in [3.05, 3.63) is 58.6 Å². The molecule has 1 aliphatic rings. The van der Waals surface area contributed by atoms with Gasteiger partial charge in [0.15, 0.2) is 5.75 Å². The largest absolute Gasteiger partial charge is 0.502 e. The predicted molar refractivity (Wildman–Crippen MR) is 80.6 cm³/mol. The number of piperazine rings is 1. The van der Waals surface area contributed by atoms with Gasteiger partial charge in [-0.3, -0.25) is 9.69 Å². The van der Waals surface area contributed by atoms with E-state index in [-0.39, 0.29) is 11.2 Å². The molecule has 1 N–H and O–H groups in total. The minimum absolute atomic E-state index is 0.340. The molecule has 3 rings (SSSR count). The van der Waals surface area contributed by atoms with E-state index in [0.29, 0.717) is 12.3 Å². The molecule has 21 heavy (non-hydrogen) atoms. The van der Waals surface area contributed by atoms with Crippen LogP contribution < -0.4 is 10.3 Å². The highest BCUT2D eigenvalue weighted by molar-refractivity contribution is 5.46. The summed E-state index contributed by atoms with van der Waals surface area (Å²) < 4.78 is 5.25. The lowest BCUT2D eigenvalue weighted by atomic mass is 10.2. The van der Waals surface area contributed by atoms with Gasteiger partial charge in [-0.05, 0) is 12.1 Å². The molecule has 1 aromatic heterocycles. The van der Waals surface area contributed by atoms with Crippen molar-refractivity contribution in [2.45, 2.75) is 6.54 Å². The monoisotopic (exact) mass is 286 g/mol. The molecule has 1 aromatic carbocycles. The molecule has 2 heterocycles. The van der Waals surface area contributed by atoms with E-state index in [4.69, 9.17) is 4.42 Å². The highest BCUT2D eigenvalue weighted by Crippen LogP contribution is 2.16. The maximum absolute atomic E-state index is 11.4. The minimum atomic E-state index is -0.390. The van der Waals surface area contributed by atoms with Crippen LogP contribution in [-0.4, -0.2) is 36.2 Å². The minimum Gasteiger partial charge on any atom is -0.502 e. The molecular formula is C16H18N2O3. The molecule has 0 spiro atoms. The average Bonchev–Trinajstić information content (AvgIpc) is 2.53. The van der Waals surface area contributed by atoms with Crippen molar-refractivity contribution in [1.82, 2.24) is 4.90 Å². The molecule has 2 aromatic rings. The first-order chi connectivity index (χ1) is 10.2. The zero-order valence-corrected chi connectivity index (χ0v) is 11.7. The van der Waals surface area contributed by atoms with Gasteiger partial charge in [0, 0.05) is 37.9 Å². The first-order valence-electron chi connectivity index (χ1n) is 7.05. The molecule has 110 valence electrons. The van der Waals surface area contributed by atoms with Crippen LogP contribution in [0.5, 0.6) is 5.75 Å². The maximum Gasteiger partial charge on any atom is 0.226 e. The zero-order chi connectivity index (χ0) is 14.7. The summed E-state index contributed by atoms with van der Waals surface area (Å²) in [6, 6.07) is 11.7. The molecule has 1 aliphatic heterocycles. The van der Waals surface area contributed by atoms with E-state index in [1.54, 1.807) is 0 Å². The summed E-state index contributed by atoms with van der Waals surface area (Å²) in [7, 11) is 0. The van der Waals surface area contributed by atoms with Crippen molar-refractivity contribution < 1.29 is 9.52 Å². The van der Waals surface area contributed by atoms with Crippen molar-refractivity contribution in [2.75, 3.05) is 31.1 Å². The molecule has 1 saturated heterocycles. The number of aromatic hydroxyl groups is 1. The fourth-order valence-corrected chi connectivity index (χ4v) is 2.55. The quantitative estimate of drug-likeness (QED) is 0.930. The Morgan fingerprint density at radius 3 is 2.48 bits per heavy atom. The van der Waals surface area contributed by atoms with Crippen LogP contribution in [0.25, 0.3) is 0 Å². The number of anilines is 1. The Morgan fingerprint density at radius 1 is 1.10 bits per heavy atom. The molecule has 0 atom stereocenters. The molecular weight excluding hydrogens is 268 g/mol. The zero-order valence-electron chi connectivity index (χ0n) is 11.7. The number of hydrogen-bond donors (Lipinski definition) is 1. The fourth-order valence-electron chi connectivity index (χ4n) is 2.55. The van der Waals surface area contributed by atoms with Crippen LogP contribution in [0.4, 0.5) is 5.69 Å². The summed E-state index contributed by atoms with van der Waals surface area (Å²) in [5.41, 5.74) is 0.854. The average molecular weight is 286 g/mol. The van der Waals surface area contributed by atoms with Gasteiger partial charge >= 0.3 is 0 Å². The van der Waals surface area contributed by atoms with Gasteiger partial charge in [0.25, 0.3) is 0 Å². The first-order valence-corrected chi connectivity index (χ1v) is 7.05. The van der Waals surface area contributed by atoms with Crippen LogP contribution >= 0.6 is 0 Å². The molecule has 5 nitrogen and oxygen atoms in total. The second-order valence-corrected chi connectivity index (χ2v) is 5.19. The van der Waals surface area contributed by atoms with E-state index >= 15 is 0 Å². The third-order valence-corrected chi connectivity index (χ3v) is 3.74. The molecule has 0 unspecified atom stereocenters. The number of rotatable bonds is 3. The normalized spacial score (nSPS) is 16.1. The summed E-state index contributed by atoms with van der Waals surface area (Å²) in [6.45, 7) is 4.33. The smallest absolute Gasteiger partial charge is 0.226 e. The predicted octanol–water partition coefficient (Wildman–Crippen LogP) is 1.67. The van der Waals surface area contributed by atoms with Gasteiger partial charge in [-0.1, -0.05) is 18.2 Å². The third-order valence-electron chi connectivity index (χ3n) is 3.74. The van der Waals surface area contributed by atoms with Crippen molar-refractivity contribution >= 4 is 5.69 Å². The molecule has 0 saturated carbocycles. The van der Waals surface area contributed by atoms with Crippen molar-refractivity contribution in [3.8, 4) is 5.75 Å². The topological polar surface area (TPSA) is 56.9 Å². The van der Waals surface area contributed by atoms with Crippen LogP contribution in [0.15, 0.2) is 51.9 Å². The van der Waals surface area contributed by atoms with Gasteiger partial charge in [-0.25, -0.2) is 0 Å². The number of hydrogen-bond acceptors (Lipinski definition) is 5. The van der Waals surface area contributed by atoms with Crippen LogP contribution in [0.3, 0.4) is 0 Å². The van der Waals surface area contributed by atoms with E-state index in [9.17, 15) is 9.90 Å². The summed E-state index contributed by atoms with van der Waals surface area (Å²) in [6.07, 6.45) is 1.11. The van der Waals surface area contributed by atoms with E-state index < -0.39 is 0 Å². The Kier molecular flexibility index (Phi) is 3.92. The van der Waals surface area contributed by atoms with Crippen LogP contribution in [0.2, 0.25) is 0 Å². The van der Waals surface area contributed by atoms with Crippen molar-refractivity contribution in [2.24, 2.45) is 0 Å². The van der Waals surface area contributed by atoms with Gasteiger partial charge in [-0.15, -0.1) is 0 Å². The summed E-state index contributed by atoms with van der Waals surface area (Å²) in [5, 5.41) is 9.18. The van der Waals surface area contributed by atoms with Gasteiger partial charge in [0.05, 0.1) is 6.54 Å². The first kappa shape index (κ1) is 13.7. The van der Waals surface area contributed by atoms with Crippen molar-refractivity contribution in [1.29, 1.82) is 0 Å². The van der Waals surface area contributed by atoms with Gasteiger partial charge < -0.3 is 14.4 Å². The Hall–Kier alpha value is -2.27. The van der Waals surface area contributed by atoms with E-state index in [1.807, 2.05) is 18.2 Å². The van der Waals surface area contributed by atoms with E-state index in [2.05, 4.69) is 21.9 Å². The lowest BCUT2D eigenvalue weighted by Gasteiger charge is -2.35. The Balaban J connectivity index is 1.58. The Morgan fingerprint density at radius 2 is 1.81 bits per heavy atom. The number of para-hydroxylation sites is 1. The highest BCUT2D eigenvalue weighted by Gasteiger charge is 2.18. The number of nitrogens with zero attached hydrogens (tertiary/aromatic N) is 2. The Labute approximate surface area is 123 Å². The van der Waals surface area contributed by atoms with Crippen molar-refractivity contribution in [3.63, 3.8) is 0 Å². The van der Waals surface area contributed by atoms with E-state index in [0.717, 1.165) is 32.4 Å². The lowest BCUT2D eigenvalue weighted by Crippen LogP contribution is -2.46. The second-order valence-electron chi connectivity index (χ2n) is 5.19. The van der Waals surface area contributed by atoms with Crippen LogP contribution in [0, 0.1) is 0 Å². The summed E-state index contributed by atoms with van der Waals surface area (Å²) in [4.78, 5) is 16.0. The second kappa shape index (κ2) is 6.01. The molecule has 0 amide bonds. The van der Waals surface area contributed by atoms with E-state index in [1.165, 1.54) is 11.8 Å². The highest BCUT2D eigenvalue weighted by atomic mass is 16.4. The lowest BCUT2D eigenvalue weighted by molar-refractivity contribution is 0.227. The van der Waals surface area contributed by atoms with Crippen LogP contribution in [-0.2, 0) is 6.54 Å². The molecule has 5 heteroatoms.